The fraction of sp³-hybridized carbons (Fsp3) is 0.730. The summed E-state index contributed by atoms with van der Waals surface area (Å²) in [5.74, 6) is 3.82. The molecule has 0 amide bonds. The predicted molar refractivity (Wildman–Crippen MR) is 170 cm³/mol. The second kappa shape index (κ2) is 18.1. The maximum Gasteiger partial charge on any atom is -0.00462 e. The lowest BCUT2D eigenvalue weighted by atomic mass is 9.81. The first-order valence-corrected chi connectivity index (χ1v) is 16.0. The van der Waals surface area contributed by atoms with E-state index in [1.807, 2.05) is 0 Å². The Hall–Kier alpha value is -1.30. The van der Waals surface area contributed by atoms with Gasteiger partial charge in [0.25, 0.3) is 0 Å². The summed E-state index contributed by atoms with van der Waals surface area (Å²) in [5.41, 5.74) is 8.15. The minimum atomic E-state index is 0.523. The Morgan fingerprint density at radius 2 is 1.57 bits per heavy atom. The molecule has 1 rings (SSSR count). The van der Waals surface area contributed by atoms with Crippen LogP contribution in [0.1, 0.15) is 140 Å². The SMILES string of the molecule is CC/C(=C\C(C)/C(=C/C/C(=C/C(C)C)C/C(=C/C(C)C1=CCCCC1C)CC)C(C)C)CCCC(C)C. The van der Waals surface area contributed by atoms with Crippen molar-refractivity contribution in [1.29, 1.82) is 0 Å². The Morgan fingerprint density at radius 3 is 2.11 bits per heavy atom. The summed E-state index contributed by atoms with van der Waals surface area (Å²) in [6, 6.07) is 0. The van der Waals surface area contributed by atoms with Crippen molar-refractivity contribution in [1.82, 2.24) is 0 Å². The summed E-state index contributed by atoms with van der Waals surface area (Å²) in [6.45, 7) is 26.0. The van der Waals surface area contributed by atoms with E-state index in [0.29, 0.717) is 23.7 Å². The summed E-state index contributed by atoms with van der Waals surface area (Å²) in [5, 5.41) is 0. The van der Waals surface area contributed by atoms with Crippen LogP contribution in [0, 0.1) is 35.5 Å². The molecule has 0 spiro atoms. The number of rotatable bonds is 16. The van der Waals surface area contributed by atoms with Crippen LogP contribution >= 0.6 is 0 Å². The third-order valence-corrected chi connectivity index (χ3v) is 8.29. The van der Waals surface area contributed by atoms with Gasteiger partial charge in [-0.15, -0.1) is 0 Å². The van der Waals surface area contributed by atoms with E-state index >= 15 is 0 Å². The van der Waals surface area contributed by atoms with Gasteiger partial charge in [0.1, 0.15) is 0 Å². The van der Waals surface area contributed by atoms with Crippen LogP contribution in [0.5, 0.6) is 0 Å². The molecule has 0 aromatic rings. The van der Waals surface area contributed by atoms with Crippen LogP contribution in [0.4, 0.5) is 0 Å². The molecule has 0 bridgehead atoms. The van der Waals surface area contributed by atoms with Crippen LogP contribution in [-0.2, 0) is 0 Å². The van der Waals surface area contributed by atoms with E-state index in [9.17, 15) is 0 Å². The number of hydrogen-bond acceptors (Lipinski definition) is 0. The zero-order valence-corrected chi connectivity index (χ0v) is 26.9. The standard InChI is InChI=1S/C37H64/c1-12-33(19-16-17-27(3)4)24-31(10)36(29(7)8)22-21-35(23-28(5)6)26-34(13-2)25-32(11)37-20-15-14-18-30(37)9/h20,22-25,27-32H,12-19,21,26H2,1-11H3/b33-24+,34-25+,35-23-,36-22+. The lowest BCUT2D eigenvalue weighted by molar-refractivity contribution is 0.511. The molecular formula is C37H64. The molecule has 1 aliphatic carbocycles. The van der Waals surface area contributed by atoms with Crippen molar-refractivity contribution < 1.29 is 0 Å². The summed E-state index contributed by atoms with van der Waals surface area (Å²) < 4.78 is 0. The zero-order chi connectivity index (χ0) is 28.0. The van der Waals surface area contributed by atoms with Crippen molar-refractivity contribution in [2.45, 2.75) is 140 Å². The summed E-state index contributed by atoms with van der Waals surface area (Å²) in [4.78, 5) is 0. The summed E-state index contributed by atoms with van der Waals surface area (Å²) >= 11 is 0. The van der Waals surface area contributed by atoms with Crippen LogP contribution in [0.2, 0.25) is 0 Å². The Balaban J connectivity index is 3.07. The lowest BCUT2D eigenvalue weighted by Crippen LogP contribution is -2.11. The third-order valence-electron chi connectivity index (χ3n) is 8.29. The molecule has 37 heavy (non-hydrogen) atoms. The van der Waals surface area contributed by atoms with Crippen LogP contribution < -0.4 is 0 Å². The maximum atomic E-state index is 2.60. The molecule has 0 aromatic carbocycles. The first kappa shape index (κ1) is 33.7. The van der Waals surface area contributed by atoms with E-state index < -0.39 is 0 Å². The van der Waals surface area contributed by atoms with Gasteiger partial charge in [0.05, 0.1) is 0 Å². The van der Waals surface area contributed by atoms with Crippen molar-refractivity contribution in [2.75, 3.05) is 0 Å². The van der Waals surface area contributed by atoms with Gasteiger partial charge in [-0.3, -0.25) is 0 Å². The lowest BCUT2D eigenvalue weighted by Gasteiger charge is -2.25. The van der Waals surface area contributed by atoms with Gasteiger partial charge >= 0.3 is 0 Å². The minimum absolute atomic E-state index is 0.523. The summed E-state index contributed by atoms with van der Waals surface area (Å²) in [7, 11) is 0. The Bertz CT molecular complexity index is 792. The van der Waals surface area contributed by atoms with E-state index in [-0.39, 0.29) is 0 Å². The molecule has 0 heteroatoms. The van der Waals surface area contributed by atoms with Crippen LogP contribution in [0.3, 0.4) is 0 Å². The van der Waals surface area contributed by atoms with Crippen molar-refractivity contribution in [3.05, 3.63) is 58.2 Å². The smallest absolute Gasteiger partial charge is 0.00462 e. The molecule has 0 heterocycles. The molecule has 0 N–H and O–H groups in total. The predicted octanol–water partition coefficient (Wildman–Crippen LogP) is 12.4. The minimum Gasteiger partial charge on any atom is -0.0845 e. The maximum absolute atomic E-state index is 2.60. The van der Waals surface area contributed by atoms with E-state index in [1.165, 1.54) is 44.9 Å². The van der Waals surface area contributed by atoms with Crippen LogP contribution in [0.15, 0.2) is 58.2 Å². The molecule has 3 unspecified atom stereocenters. The first-order chi connectivity index (χ1) is 17.5. The van der Waals surface area contributed by atoms with Gasteiger partial charge in [-0.25, -0.2) is 0 Å². The quantitative estimate of drug-likeness (QED) is 0.182. The fourth-order valence-electron chi connectivity index (χ4n) is 6.17. The van der Waals surface area contributed by atoms with Gasteiger partial charge in [-0.2, -0.15) is 0 Å². The highest BCUT2D eigenvalue weighted by atomic mass is 14.2. The molecule has 0 saturated carbocycles. The molecule has 1 aliphatic rings. The van der Waals surface area contributed by atoms with Gasteiger partial charge in [0, 0.05) is 0 Å². The van der Waals surface area contributed by atoms with Gasteiger partial charge in [-0.05, 0) is 93.3 Å². The van der Waals surface area contributed by atoms with Crippen molar-refractivity contribution in [3.63, 3.8) is 0 Å². The Kier molecular flexibility index (Phi) is 16.5. The van der Waals surface area contributed by atoms with Gasteiger partial charge in [0.15, 0.2) is 0 Å². The molecule has 0 nitrogen and oxygen atoms in total. The fourth-order valence-corrected chi connectivity index (χ4v) is 6.17. The average Bonchev–Trinajstić information content (AvgIpc) is 2.82. The van der Waals surface area contributed by atoms with Crippen molar-refractivity contribution >= 4 is 0 Å². The van der Waals surface area contributed by atoms with Gasteiger partial charge < -0.3 is 0 Å². The molecule has 0 radical (unpaired) electrons. The molecule has 0 saturated heterocycles. The topological polar surface area (TPSA) is 0 Å². The highest BCUT2D eigenvalue weighted by Gasteiger charge is 2.18. The van der Waals surface area contributed by atoms with Crippen molar-refractivity contribution in [3.8, 4) is 0 Å². The van der Waals surface area contributed by atoms with E-state index in [4.69, 9.17) is 0 Å². The third kappa shape index (κ3) is 13.4. The second-order valence-electron chi connectivity index (χ2n) is 13.1. The number of hydrogen-bond donors (Lipinski definition) is 0. The van der Waals surface area contributed by atoms with E-state index in [2.05, 4.69) is 107 Å². The largest absolute Gasteiger partial charge is 0.0845 e. The second-order valence-corrected chi connectivity index (χ2v) is 13.1. The molecule has 3 atom stereocenters. The molecular weight excluding hydrogens is 444 g/mol. The Morgan fingerprint density at radius 1 is 0.892 bits per heavy atom. The highest BCUT2D eigenvalue weighted by molar-refractivity contribution is 5.26. The normalized spacial score (nSPS) is 20.2. The molecule has 0 fully saturated rings. The van der Waals surface area contributed by atoms with Crippen LogP contribution in [-0.4, -0.2) is 0 Å². The number of allylic oxidation sites excluding steroid dienone is 10. The Labute approximate surface area is 233 Å². The van der Waals surface area contributed by atoms with E-state index in [1.54, 1.807) is 27.9 Å². The summed E-state index contributed by atoms with van der Waals surface area (Å²) in [6.07, 6.45) is 25.3. The molecule has 0 aliphatic heterocycles. The van der Waals surface area contributed by atoms with Crippen molar-refractivity contribution in [2.24, 2.45) is 35.5 Å². The highest BCUT2D eigenvalue weighted by Crippen LogP contribution is 2.33. The molecule has 212 valence electrons. The monoisotopic (exact) mass is 509 g/mol. The van der Waals surface area contributed by atoms with E-state index in [0.717, 1.165) is 31.1 Å². The van der Waals surface area contributed by atoms with Gasteiger partial charge in [-0.1, -0.05) is 141 Å². The first-order valence-electron chi connectivity index (χ1n) is 16.0. The van der Waals surface area contributed by atoms with Crippen LogP contribution in [0.25, 0.3) is 0 Å². The zero-order valence-electron chi connectivity index (χ0n) is 26.9. The molecule has 0 aromatic heterocycles. The average molecular weight is 509 g/mol. The van der Waals surface area contributed by atoms with Gasteiger partial charge in [0.2, 0.25) is 0 Å².